The standard InChI is InChI=1S/C17H21ClN2O/c1-4-8-20-17(15-11-19-9-7-12(15)2)14-10-13(18)5-6-16(14)21-3/h5-7,9-11,17,20H,4,8H2,1-3H3. The van der Waals surface area contributed by atoms with Gasteiger partial charge in [0.15, 0.2) is 0 Å². The molecule has 1 aromatic heterocycles. The number of aryl methyl sites for hydroxylation is 1. The molecule has 0 bridgehead atoms. The summed E-state index contributed by atoms with van der Waals surface area (Å²) in [5.74, 6) is 0.830. The molecular formula is C17H21ClN2O. The van der Waals surface area contributed by atoms with Gasteiger partial charge >= 0.3 is 0 Å². The van der Waals surface area contributed by atoms with Gasteiger partial charge < -0.3 is 10.1 Å². The SMILES string of the molecule is CCCNC(c1cnccc1C)c1cc(Cl)ccc1OC. The van der Waals surface area contributed by atoms with Crippen molar-refractivity contribution < 1.29 is 4.74 Å². The Morgan fingerprint density at radius 2 is 2.10 bits per heavy atom. The van der Waals surface area contributed by atoms with Gasteiger partial charge in [-0.05, 0) is 55.3 Å². The molecule has 3 nitrogen and oxygen atoms in total. The van der Waals surface area contributed by atoms with E-state index in [2.05, 4.69) is 24.1 Å². The lowest BCUT2D eigenvalue weighted by molar-refractivity contribution is 0.403. The number of hydrogen-bond donors (Lipinski definition) is 1. The summed E-state index contributed by atoms with van der Waals surface area (Å²) in [6.45, 7) is 5.15. The molecule has 0 aliphatic rings. The molecule has 1 atom stereocenters. The van der Waals surface area contributed by atoms with Crippen LogP contribution >= 0.6 is 11.6 Å². The minimum absolute atomic E-state index is 0.0206. The Balaban J connectivity index is 2.50. The van der Waals surface area contributed by atoms with Gasteiger partial charge in [0.1, 0.15) is 5.75 Å². The largest absolute Gasteiger partial charge is 0.496 e. The summed E-state index contributed by atoms with van der Waals surface area (Å²) in [4.78, 5) is 4.26. The summed E-state index contributed by atoms with van der Waals surface area (Å²) in [6.07, 6.45) is 4.77. The van der Waals surface area contributed by atoms with E-state index < -0.39 is 0 Å². The van der Waals surface area contributed by atoms with Crippen LogP contribution in [-0.2, 0) is 0 Å². The highest BCUT2D eigenvalue weighted by Gasteiger charge is 2.20. The molecule has 2 aromatic rings. The zero-order valence-electron chi connectivity index (χ0n) is 12.7. The lowest BCUT2D eigenvalue weighted by Crippen LogP contribution is -2.24. The minimum atomic E-state index is 0.0206. The van der Waals surface area contributed by atoms with Crippen LogP contribution in [-0.4, -0.2) is 18.6 Å². The summed E-state index contributed by atoms with van der Waals surface area (Å²) < 4.78 is 5.50. The fourth-order valence-electron chi connectivity index (χ4n) is 2.39. The number of nitrogens with zero attached hydrogens (tertiary/aromatic N) is 1. The van der Waals surface area contributed by atoms with Crippen molar-refractivity contribution in [3.05, 3.63) is 58.4 Å². The summed E-state index contributed by atoms with van der Waals surface area (Å²) in [6, 6.07) is 7.75. The first-order valence-corrected chi connectivity index (χ1v) is 7.52. The van der Waals surface area contributed by atoms with Crippen molar-refractivity contribution in [2.24, 2.45) is 0 Å². The summed E-state index contributed by atoms with van der Waals surface area (Å²) in [5.41, 5.74) is 3.38. The number of pyridine rings is 1. The van der Waals surface area contributed by atoms with Crippen molar-refractivity contribution in [1.82, 2.24) is 10.3 Å². The molecule has 0 aliphatic heterocycles. The Hall–Kier alpha value is -1.58. The lowest BCUT2D eigenvalue weighted by Gasteiger charge is -2.23. The average Bonchev–Trinajstić information content (AvgIpc) is 2.49. The fourth-order valence-corrected chi connectivity index (χ4v) is 2.57. The van der Waals surface area contributed by atoms with Crippen molar-refractivity contribution in [2.45, 2.75) is 26.3 Å². The Morgan fingerprint density at radius 3 is 2.76 bits per heavy atom. The predicted molar refractivity (Wildman–Crippen MR) is 87.1 cm³/mol. The van der Waals surface area contributed by atoms with E-state index in [0.717, 1.165) is 29.8 Å². The number of benzene rings is 1. The van der Waals surface area contributed by atoms with Crippen molar-refractivity contribution in [2.75, 3.05) is 13.7 Å². The second-order valence-corrected chi connectivity index (χ2v) is 5.44. The topological polar surface area (TPSA) is 34.2 Å². The van der Waals surface area contributed by atoms with Gasteiger partial charge in [-0.2, -0.15) is 0 Å². The van der Waals surface area contributed by atoms with Gasteiger partial charge in [0.25, 0.3) is 0 Å². The minimum Gasteiger partial charge on any atom is -0.496 e. The molecule has 0 spiro atoms. The number of aromatic nitrogens is 1. The van der Waals surface area contributed by atoms with Crippen LogP contribution in [0, 0.1) is 6.92 Å². The van der Waals surface area contributed by atoms with E-state index in [1.165, 1.54) is 5.56 Å². The van der Waals surface area contributed by atoms with E-state index in [-0.39, 0.29) is 6.04 Å². The molecule has 0 aliphatic carbocycles. The van der Waals surface area contributed by atoms with Crippen LogP contribution in [0.2, 0.25) is 5.02 Å². The van der Waals surface area contributed by atoms with Crippen LogP contribution in [0.15, 0.2) is 36.7 Å². The molecule has 0 fully saturated rings. The third-order valence-corrected chi connectivity index (χ3v) is 3.73. The molecular weight excluding hydrogens is 284 g/mol. The van der Waals surface area contributed by atoms with Gasteiger partial charge in [-0.3, -0.25) is 4.98 Å². The predicted octanol–water partition coefficient (Wildman–Crippen LogP) is 4.14. The maximum Gasteiger partial charge on any atom is 0.124 e. The molecule has 4 heteroatoms. The van der Waals surface area contributed by atoms with Crippen LogP contribution < -0.4 is 10.1 Å². The van der Waals surface area contributed by atoms with Crippen molar-refractivity contribution in [3.8, 4) is 5.75 Å². The third-order valence-electron chi connectivity index (χ3n) is 3.49. The number of hydrogen-bond acceptors (Lipinski definition) is 3. The molecule has 0 saturated carbocycles. The van der Waals surface area contributed by atoms with Crippen LogP contribution in [0.3, 0.4) is 0 Å². The van der Waals surface area contributed by atoms with E-state index in [1.807, 2.05) is 36.7 Å². The first kappa shape index (κ1) is 15.8. The molecule has 0 radical (unpaired) electrons. The Morgan fingerprint density at radius 1 is 1.29 bits per heavy atom. The first-order chi connectivity index (χ1) is 10.2. The Bertz CT molecular complexity index is 601. The van der Waals surface area contributed by atoms with Gasteiger partial charge in [-0.25, -0.2) is 0 Å². The maximum atomic E-state index is 6.18. The quantitative estimate of drug-likeness (QED) is 0.871. The number of rotatable bonds is 6. The third kappa shape index (κ3) is 3.74. The highest BCUT2D eigenvalue weighted by molar-refractivity contribution is 6.30. The maximum absolute atomic E-state index is 6.18. The van der Waals surface area contributed by atoms with Crippen molar-refractivity contribution in [3.63, 3.8) is 0 Å². The zero-order valence-corrected chi connectivity index (χ0v) is 13.4. The molecule has 112 valence electrons. The Kier molecular flexibility index (Phi) is 5.59. The van der Waals surface area contributed by atoms with E-state index >= 15 is 0 Å². The van der Waals surface area contributed by atoms with E-state index in [4.69, 9.17) is 16.3 Å². The highest BCUT2D eigenvalue weighted by atomic mass is 35.5. The van der Waals surface area contributed by atoms with Crippen LogP contribution in [0.5, 0.6) is 5.75 Å². The Labute approximate surface area is 131 Å². The molecule has 1 N–H and O–H groups in total. The summed E-state index contributed by atoms with van der Waals surface area (Å²) in [7, 11) is 1.68. The average molecular weight is 305 g/mol. The summed E-state index contributed by atoms with van der Waals surface area (Å²) >= 11 is 6.18. The lowest BCUT2D eigenvalue weighted by atomic mass is 9.95. The van der Waals surface area contributed by atoms with Crippen molar-refractivity contribution in [1.29, 1.82) is 0 Å². The van der Waals surface area contributed by atoms with E-state index in [0.29, 0.717) is 5.02 Å². The van der Waals surface area contributed by atoms with Crippen LogP contribution in [0.1, 0.15) is 36.1 Å². The number of nitrogens with one attached hydrogen (secondary N) is 1. The van der Waals surface area contributed by atoms with Gasteiger partial charge in [0.2, 0.25) is 0 Å². The van der Waals surface area contributed by atoms with Gasteiger partial charge in [-0.1, -0.05) is 18.5 Å². The first-order valence-electron chi connectivity index (χ1n) is 7.14. The highest BCUT2D eigenvalue weighted by Crippen LogP contribution is 2.33. The molecule has 2 rings (SSSR count). The van der Waals surface area contributed by atoms with E-state index in [9.17, 15) is 0 Å². The second-order valence-electron chi connectivity index (χ2n) is 5.01. The molecule has 0 saturated heterocycles. The fraction of sp³-hybridized carbons (Fsp3) is 0.353. The monoisotopic (exact) mass is 304 g/mol. The number of halogens is 1. The van der Waals surface area contributed by atoms with Crippen molar-refractivity contribution >= 4 is 11.6 Å². The molecule has 21 heavy (non-hydrogen) atoms. The molecule has 1 aromatic carbocycles. The van der Waals surface area contributed by atoms with Gasteiger partial charge in [0.05, 0.1) is 13.2 Å². The van der Waals surface area contributed by atoms with Crippen LogP contribution in [0.25, 0.3) is 0 Å². The number of methoxy groups -OCH3 is 1. The van der Waals surface area contributed by atoms with Gasteiger partial charge in [0, 0.05) is 23.0 Å². The normalized spacial score (nSPS) is 12.2. The molecule has 0 amide bonds. The molecule has 1 unspecified atom stereocenters. The number of ether oxygens (including phenoxy) is 1. The summed E-state index contributed by atoms with van der Waals surface area (Å²) in [5, 5.41) is 4.27. The van der Waals surface area contributed by atoms with Gasteiger partial charge in [-0.15, -0.1) is 0 Å². The molecule has 1 heterocycles. The van der Waals surface area contributed by atoms with E-state index in [1.54, 1.807) is 7.11 Å². The zero-order chi connectivity index (χ0) is 15.2. The van der Waals surface area contributed by atoms with Crippen LogP contribution in [0.4, 0.5) is 0 Å². The second kappa shape index (κ2) is 7.43. The smallest absolute Gasteiger partial charge is 0.124 e.